The molecule has 1 saturated carbocycles. The molecule has 0 saturated heterocycles. The fraction of sp³-hybridized carbons (Fsp3) is 0.412. The van der Waals surface area contributed by atoms with Crippen LogP contribution in [0.3, 0.4) is 0 Å². The van der Waals surface area contributed by atoms with Crippen LogP contribution in [0.5, 0.6) is 5.75 Å². The van der Waals surface area contributed by atoms with Crippen LogP contribution in [-0.2, 0) is 6.54 Å². The van der Waals surface area contributed by atoms with Gasteiger partial charge in [-0.15, -0.1) is 0 Å². The van der Waals surface area contributed by atoms with Crippen LogP contribution < -0.4 is 10.1 Å². The summed E-state index contributed by atoms with van der Waals surface area (Å²) in [6.45, 7) is 0.430. The Labute approximate surface area is 130 Å². The zero-order chi connectivity index (χ0) is 15.4. The van der Waals surface area contributed by atoms with Crippen LogP contribution in [0, 0.1) is 0 Å². The fourth-order valence-corrected chi connectivity index (χ4v) is 2.95. The lowest BCUT2D eigenvalue weighted by Crippen LogP contribution is -2.24. The van der Waals surface area contributed by atoms with Crippen LogP contribution in [0.15, 0.2) is 36.5 Å². The lowest BCUT2D eigenvalue weighted by molar-refractivity contribution is 0.0944. The van der Waals surface area contributed by atoms with E-state index in [0.29, 0.717) is 18.3 Å². The molecule has 1 N–H and O–H groups in total. The van der Waals surface area contributed by atoms with E-state index in [2.05, 4.69) is 10.4 Å². The van der Waals surface area contributed by atoms with E-state index in [0.717, 1.165) is 24.2 Å². The van der Waals surface area contributed by atoms with Crippen molar-refractivity contribution < 1.29 is 9.53 Å². The minimum atomic E-state index is -0.150. The van der Waals surface area contributed by atoms with Gasteiger partial charge >= 0.3 is 0 Å². The Morgan fingerprint density at radius 1 is 1.32 bits per heavy atom. The van der Waals surface area contributed by atoms with Crippen LogP contribution in [0.4, 0.5) is 0 Å². The molecule has 0 aliphatic heterocycles. The van der Waals surface area contributed by atoms with Gasteiger partial charge in [-0.2, -0.15) is 5.10 Å². The van der Waals surface area contributed by atoms with Crippen molar-refractivity contribution in [1.82, 2.24) is 15.1 Å². The zero-order valence-electron chi connectivity index (χ0n) is 12.8. The van der Waals surface area contributed by atoms with Gasteiger partial charge in [0.05, 0.1) is 13.2 Å². The maximum Gasteiger partial charge on any atom is 0.272 e. The molecule has 5 heteroatoms. The van der Waals surface area contributed by atoms with Gasteiger partial charge < -0.3 is 10.1 Å². The Bertz CT molecular complexity index is 645. The molecule has 1 aromatic carbocycles. The number of para-hydroxylation sites is 1. The first kappa shape index (κ1) is 14.6. The van der Waals surface area contributed by atoms with Crippen molar-refractivity contribution in [1.29, 1.82) is 0 Å². The van der Waals surface area contributed by atoms with Gasteiger partial charge in [0, 0.05) is 18.3 Å². The van der Waals surface area contributed by atoms with E-state index in [-0.39, 0.29) is 5.91 Å². The van der Waals surface area contributed by atoms with E-state index in [9.17, 15) is 4.79 Å². The number of nitrogens with one attached hydrogen (secondary N) is 1. The van der Waals surface area contributed by atoms with Crippen LogP contribution in [0.2, 0.25) is 0 Å². The van der Waals surface area contributed by atoms with E-state index >= 15 is 0 Å². The van der Waals surface area contributed by atoms with Crippen molar-refractivity contribution in [2.45, 2.75) is 38.3 Å². The molecule has 0 radical (unpaired) electrons. The molecule has 22 heavy (non-hydrogen) atoms. The van der Waals surface area contributed by atoms with Gasteiger partial charge in [0.25, 0.3) is 5.91 Å². The lowest BCUT2D eigenvalue weighted by atomic mass is 10.2. The monoisotopic (exact) mass is 299 g/mol. The minimum absolute atomic E-state index is 0.150. The molecule has 0 bridgehead atoms. The number of aromatic nitrogens is 2. The summed E-state index contributed by atoms with van der Waals surface area (Å²) >= 11 is 0. The van der Waals surface area contributed by atoms with E-state index in [1.165, 1.54) is 12.8 Å². The Hall–Kier alpha value is -2.30. The van der Waals surface area contributed by atoms with Crippen molar-refractivity contribution in [3.8, 4) is 5.75 Å². The molecule has 1 aliphatic rings. The number of methoxy groups -OCH3 is 1. The molecule has 0 unspecified atom stereocenters. The topological polar surface area (TPSA) is 56.1 Å². The van der Waals surface area contributed by atoms with Gasteiger partial charge in [0.2, 0.25) is 0 Å². The fourth-order valence-electron chi connectivity index (χ4n) is 2.95. The molecular weight excluding hydrogens is 278 g/mol. The van der Waals surface area contributed by atoms with Crippen LogP contribution in [0.25, 0.3) is 0 Å². The van der Waals surface area contributed by atoms with Crippen molar-refractivity contribution in [3.05, 3.63) is 47.8 Å². The highest BCUT2D eigenvalue weighted by atomic mass is 16.5. The van der Waals surface area contributed by atoms with Crippen LogP contribution in [-0.4, -0.2) is 22.8 Å². The van der Waals surface area contributed by atoms with E-state index < -0.39 is 0 Å². The average Bonchev–Trinajstić information content (AvgIpc) is 3.23. The van der Waals surface area contributed by atoms with Crippen LogP contribution in [0.1, 0.15) is 47.8 Å². The van der Waals surface area contributed by atoms with Crippen molar-refractivity contribution in [3.63, 3.8) is 0 Å². The number of nitrogens with zero attached hydrogens (tertiary/aromatic N) is 2. The summed E-state index contributed by atoms with van der Waals surface area (Å²) < 4.78 is 7.22. The highest BCUT2D eigenvalue weighted by molar-refractivity contribution is 5.92. The normalized spacial score (nSPS) is 15.0. The largest absolute Gasteiger partial charge is 0.496 e. The second kappa shape index (κ2) is 6.64. The van der Waals surface area contributed by atoms with Crippen LogP contribution >= 0.6 is 0 Å². The first-order chi connectivity index (χ1) is 10.8. The first-order valence-corrected chi connectivity index (χ1v) is 7.73. The molecule has 3 rings (SSSR count). The number of ether oxygens (including phenoxy) is 1. The summed E-state index contributed by atoms with van der Waals surface area (Å²) in [6, 6.07) is 9.91. The molecular formula is C17H21N3O2. The predicted octanol–water partition coefficient (Wildman–Crippen LogP) is 2.94. The third-order valence-electron chi connectivity index (χ3n) is 4.17. The average molecular weight is 299 g/mol. The van der Waals surface area contributed by atoms with Gasteiger partial charge in [-0.3, -0.25) is 9.48 Å². The Morgan fingerprint density at radius 2 is 2.09 bits per heavy atom. The summed E-state index contributed by atoms with van der Waals surface area (Å²) in [5.41, 5.74) is 1.43. The number of carbonyl (C=O) groups excluding carboxylic acids is 1. The SMILES string of the molecule is COc1ccccc1CNC(=O)c1ccn(C2CCCC2)n1. The molecule has 116 valence electrons. The second-order valence-electron chi connectivity index (χ2n) is 5.61. The Balaban J connectivity index is 1.62. The van der Waals surface area contributed by atoms with Crippen molar-refractivity contribution >= 4 is 5.91 Å². The van der Waals surface area contributed by atoms with Gasteiger partial charge in [-0.05, 0) is 25.0 Å². The van der Waals surface area contributed by atoms with E-state index in [4.69, 9.17) is 4.74 Å². The highest BCUT2D eigenvalue weighted by Gasteiger charge is 2.19. The first-order valence-electron chi connectivity index (χ1n) is 7.73. The molecule has 5 nitrogen and oxygen atoms in total. The zero-order valence-corrected chi connectivity index (χ0v) is 12.8. The van der Waals surface area contributed by atoms with Gasteiger partial charge in [-0.1, -0.05) is 31.0 Å². The summed E-state index contributed by atoms with van der Waals surface area (Å²) in [5, 5.41) is 7.32. The van der Waals surface area contributed by atoms with E-state index in [1.807, 2.05) is 35.1 Å². The Kier molecular flexibility index (Phi) is 4.42. The lowest BCUT2D eigenvalue weighted by Gasteiger charge is -2.10. The summed E-state index contributed by atoms with van der Waals surface area (Å²) in [6.07, 6.45) is 6.72. The standard InChI is InChI=1S/C17H21N3O2/c1-22-16-9-5-2-6-13(16)12-18-17(21)15-10-11-20(19-15)14-7-3-4-8-14/h2,5-6,9-11,14H,3-4,7-8,12H2,1H3,(H,18,21). The Morgan fingerprint density at radius 3 is 2.86 bits per heavy atom. The maximum atomic E-state index is 12.2. The maximum absolute atomic E-state index is 12.2. The summed E-state index contributed by atoms with van der Waals surface area (Å²) in [5.74, 6) is 0.627. The molecule has 1 amide bonds. The number of hydrogen-bond acceptors (Lipinski definition) is 3. The second-order valence-corrected chi connectivity index (χ2v) is 5.61. The third kappa shape index (κ3) is 3.13. The summed E-state index contributed by atoms with van der Waals surface area (Å²) in [4.78, 5) is 12.2. The number of hydrogen-bond donors (Lipinski definition) is 1. The molecule has 1 aliphatic carbocycles. The highest BCUT2D eigenvalue weighted by Crippen LogP contribution is 2.28. The van der Waals surface area contributed by atoms with E-state index in [1.54, 1.807) is 13.2 Å². The van der Waals surface area contributed by atoms with Crippen molar-refractivity contribution in [2.75, 3.05) is 7.11 Å². The molecule has 1 fully saturated rings. The van der Waals surface area contributed by atoms with Gasteiger partial charge in [-0.25, -0.2) is 0 Å². The van der Waals surface area contributed by atoms with Crippen molar-refractivity contribution in [2.24, 2.45) is 0 Å². The van der Waals surface area contributed by atoms with Gasteiger partial charge in [0.1, 0.15) is 11.4 Å². The molecule has 0 spiro atoms. The number of benzene rings is 1. The summed E-state index contributed by atoms with van der Waals surface area (Å²) in [7, 11) is 1.63. The minimum Gasteiger partial charge on any atom is -0.496 e. The number of rotatable bonds is 5. The molecule has 1 heterocycles. The quantitative estimate of drug-likeness (QED) is 0.923. The third-order valence-corrected chi connectivity index (χ3v) is 4.17. The number of carbonyl (C=O) groups is 1. The molecule has 0 atom stereocenters. The predicted molar refractivity (Wildman–Crippen MR) is 83.9 cm³/mol. The smallest absolute Gasteiger partial charge is 0.272 e. The number of amides is 1. The molecule has 1 aromatic heterocycles. The molecule has 2 aromatic rings. The van der Waals surface area contributed by atoms with Gasteiger partial charge in [0.15, 0.2) is 0 Å².